The summed E-state index contributed by atoms with van der Waals surface area (Å²) in [4.78, 5) is 17.5. The van der Waals surface area contributed by atoms with Gasteiger partial charge in [-0.1, -0.05) is 48.0 Å². The Morgan fingerprint density at radius 3 is 2.45 bits per heavy atom. The summed E-state index contributed by atoms with van der Waals surface area (Å²) in [6, 6.07) is 20.7. The van der Waals surface area contributed by atoms with Crippen LogP contribution in [-0.4, -0.2) is 17.8 Å². The van der Waals surface area contributed by atoms with Gasteiger partial charge in [-0.15, -0.1) is 0 Å². The highest BCUT2D eigenvalue weighted by Gasteiger charge is 2.65. The second-order valence-corrected chi connectivity index (χ2v) is 7.53. The molecule has 0 aromatic heterocycles. The zero-order chi connectivity index (χ0) is 22.1. The molecule has 158 valence electrons. The maximum Gasteiger partial charge on any atom is 0.440 e. The number of hydrogen-bond acceptors (Lipinski definition) is 2. The van der Waals surface area contributed by atoms with Crippen LogP contribution in [0.25, 0.3) is 0 Å². The van der Waals surface area contributed by atoms with Crippen molar-refractivity contribution in [1.29, 1.82) is 0 Å². The number of anilines is 1. The molecule has 8 heteroatoms. The van der Waals surface area contributed by atoms with E-state index in [-0.39, 0.29) is 22.2 Å². The van der Waals surface area contributed by atoms with Crippen LogP contribution >= 0.6 is 11.6 Å². The fraction of sp³-hybridized carbons (Fsp3) is 0.130. The summed E-state index contributed by atoms with van der Waals surface area (Å²) in [7, 11) is 0. The monoisotopic (exact) mass is 445 g/mol. The van der Waals surface area contributed by atoms with Gasteiger partial charge in [0.05, 0.1) is 6.42 Å². The first-order valence-corrected chi connectivity index (χ1v) is 9.76. The Morgan fingerprint density at radius 2 is 1.74 bits per heavy atom. The van der Waals surface area contributed by atoms with E-state index in [9.17, 15) is 18.0 Å². The van der Waals surface area contributed by atoms with E-state index in [0.717, 1.165) is 0 Å². The SMILES string of the molecule is O=C(Nc1cccc(C2=[NH+]OC(c3cccc(Cl)c3)(C(F)(F)F)C2)c1)c1ccccc1. The number of amides is 1. The summed E-state index contributed by atoms with van der Waals surface area (Å²) in [6.07, 6.45) is -5.15. The average molecular weight is 446 g/mol. The van der Waals surface area contributed by atoms with Crippen LogP contribution in [0, 0.1) is 0 Å². The van der Waals surface area contributed by atoms with Crippen LogP contribution in [-0.2, 0) is 10.4 Å². The first kappa shape index (κ1) is 20.9. The molecule has 0 bridgehead atoms. The van der Waals surface area contributed by atoms with Crippen LogP contribution in [0.15, 0.2) is 78.9 Å². The Labute approximate surface area is 181 Å². The molecule has 0 aliphatic carbocycles. The largest absolute Gasteiger partial charge is 0.440 e. The number of carbonyl (C=O) groups is 1. The van der Waals surface area contributed by atoms with Crippen molar-refractivity contribution in [2.24, 2.45) is 0 Å². The van der Waals surface area contributed by atoms with E-state index in [1.54, 1.807) is 54.6 Å². The molecule has 1 unspecified atom stereocenters. The van der Waals surface area contributed by atoms with E-state index in [2.05, 4.69) is 10.5 Å². The topological polar surface area (TPSA) is 52.3 Å². The van der Waals surface area contributed by atoms with Crippen LogP contribution < -0.4 is 10.5 Å². The molecular weight excluding hydrogens is 429 g/mol. The van der Waals surface area contributed by atoms with Gasteiger partial charge in [0, 0.05) is 27.4 Å². The third-order valence-electron chi connectivity index (χ3n) is 5.03. The lowest BCUT2D eigenvalue weighted by atomic mass is 9.86. The van der Waals surface area contributed by atoms with Crippen LogP contribution in [0.4, 0.5) is 18.9 Å². The highest BCUT2D eigenvalue weighted by atomic mass is 35.5. The van der Waals surface area contributed by atoms with Gasteiger partial charge in [-0.25, -0.2) is 0 Å². The van der Waals surface area contributed by atoms with Crippen molar-refractivity contribution in [3.8, 4) is 0 Å². The number of rotatable bonds is 4. The number of benzene rings is 3. The number of hydrogen-bond donors (Lipinski definition) is 2. The lowest BCUT2D eigenvalue weighted by Crippen LogP contribution is -2.70. The van der Waals surface area contributed by atoms with Crippen LogP contribution in [0.5, 0.6) is 0 Å². The molecule has 1 atom stereocenters. The maximum atomic E-state index is 14.1. The first-order valence-electron chi connectivity index (χ1n) is 9.38. The number of halogens is 4. The molecule has 3 aromatic rings. The minimum Gasteiger partial charge on any atom is -0.322 e. The fourth-order valence-corrected chi connectivity index (χ4v) is 3.62. The fourth-order valence-electron chi connectivity index (χ4n) is 3.43. The zero-order valence-electron chi connectivity index (χ0n) is 16.0. The van der Waals surface area contributed by atoms with Crippen molar-refractivity contribution in [2.45, 2.75) is 18.2 Å². The Morgan fingerprint density at radius 1 is 1.00 bits per heavy atom. The smallest absolute Gasteiger partial charge is 0.322 e. The predicted molar refractivity (Wildman–Crippen MR) is 111 cm³/mol. The number of carbonyl (C=O) groups excluding carboxylic acids is 1. The summed E-state index contributed by atoms with van der Waals surface area (Å²) in [5.41, 5.74) is -1.03. The van der Waals surface area contributed by atoms with E-state index in [0.29, 0.717) is 16.8 Å². The van der Waals surface area contributed by atoms with Gasteiger partial charge in [-0.2, -0.15) is 13.2 Å². The Kier molecular flexibility index (Phi) is 5.45. The highest BCUT2D eigenvalue weighted by Crippen LogP contribution is 2.45. The second-order valence-electron chi connectivity index (χ2n) is 7.10. The van der Waals surface area contributed by atoms with Crippen molar-refractivity contribution < 1.29 is 28.0 Å². The molecule has 0 radical (unpaired) electrons. The number of alkyl halides is 3. The van der Waals surface area contributed by atoms with Gasteiger partial charge in [0.1, 0.15) is 0 Å². The summed E-state index contributed by atoms with van der Waals surface area (Å²) in [5, 5.41) is 5.38. The van der Waals surface area contributed by atoms with E-state index < -0.39 is 18.2 Å². The number of nitrogens with one attached hydrogen (secondary N) is 2. The molecule has 0 saturated heterocycles. The molecule has 1 amide bonds. The van der Waals surface area contributed by atoms with Gasteiger partial charge in [0.15, 0.2) is 0 Å². The van der Waals surface area contributed by atoms with Crippen molar-refractivity contribution in [2.75, 3.05) is 5.32 Å². The Hall–Kier alpha value is -3.32. The second kappa shape index (κ2) is 8.07. The van der Waals surface area contributed by atoms with Gasteiger partial charge in [0.2, 0.25) is 5.71 Å². The van der Waals surface area contributed by atoms with Crippen molar-refractivity contribution >= 4 is 28.9 Å². The van der Waals surface area contributed by atoms with E-state index in [4.69, 9.17) is 16.4 Å². The van der Waals surface area contributed by atoms with Gasteiger partial charge >= 0.3 is 11.8 Å². The normalized spacial score (nSPS) is 18.3. The molecule has 4 nitrogen and oxygen atoms in total. The highest BCUT2D eigenvalue weighted by molar-refractivity contribution is 6.30. The minimum atomic E-state index is -4.69. The lowest BCUT2D eigenvalue weighted by molar-refractivity contribution is -0.776. The van der Waals surface area contributed by atoms with E-state index >= 15 is 0 Å². The van der Waals surface area contributed by atoms with Crippen LogP contribution in [0.3, 0.4) is 0 Å². The predicted octanol–water partition coefficient (Wildman–Crippen LogP) is 4.26. The minimum absolute atomic E-state index is 0.0939. The van der Waals surface area contributed by atoms with Crippen LogP contribution in [0.2, 0.25) is 5.02 Å². The van der Waals surface area contributed by atoms with Crippen LogP contribution in [0.1, 0.15) is 27.9 Å². The first-order chi connectivity index (χ1) is 14.8. The van der Waals surface area contributed by atoms with E-state index in [1.165, 1.54) is 24.3 Å². The average Bonchev–Trinajstić information content (AvgIpc) is 3.22. The summed E-state index contributed by atoms with van der Waals surface area (Å²) < 4.78 is 42.2. The van der Waals surface area contributed by atoms with Crippen molar-refractivity contribution in [3.05, 3.63) is 101 Å². The Bertz CT molecular complexity index is 1150. The molecule has 0 fully saturated rings. The van der Waals surface area contributed by atoms with Gasteiger partial charge in [0.25, 0.3) is 5.91 Å². The molecule has 31 heavy (non-hydrogen) atoms. The van der Waals surface area contributed by atoms with Crippen molar-refractivity contribution in [3.63, 3.8) is 0 Å². The molecule has 3 aromatic carbocycles. The lowest BCUT2D eigenvalue weighted by Gasteiger charge is -2.26. The van der Waals surface area contributed by atoms with Crippen molar-refractivity contribution in [1.82, 2.24) is 0 Å². The third kappa shape index (κ3) is 4.14. The van der Waals surface area contributed by atoms with Gasteiger partial charge in [-0.05, 0) is 47.6 Å². The summed E-state index contributed by atoms with van der Waals surface area (Å²) >= 11 is 5.92. The quantitative estimate of drug-likeness (QED) is 0.630. The summed E-state index contributed by atoms with van der Waals surface area (Å²) in [6.45, 7) is 0. The molecule has 1 heterocycles. The Balaban J connectivity index is 1.60. The molecule has 4 rings (SSSR count). The molecule has 2 N–H and O–H groups in total. The molecule has 0 saturated carbocycles. The van der Waals surface area contributed by atoms with Gasteiger partial charge in [-0.3, -0.25) is 9.63 Å². The molecule has 1 aliphatic heterocycles. The zero-order valence-corrected chi connectivity index (χ0v) is 16.8. The van der Waals surface area contributed by atoms with Gasteiger partial charge < -0.3 is 5.32 Å². The summed E-state index contributed by atoms with van der Waals surface area (Å²) in [5.74, 6) is -0.318. The van der Waals surface area contributed by atoms with E-state index in [1.807, 2.05) is 0 Å². The standard InChI is InChI=1S/C23H16ClF3N2O2/c24-18-10-5-9-17(13-18)22(23(25,26)27)14-20(29-31-22)16-8-4-11-19(12-16)28-21(30)15-6-2-1-3-7-15/h1-13H,14H2,(H,28,30)/p+1. The molecule has 0 spiro atoms. The third-order valence-corrected chi connectivity index (χ3v) is 5.26. The molecule has 1 aliphatic rings. The molecular formula is C23H17ClF3N2O2+. The maximum absolute atomic E-state index is 14.1.